The van der Waals surface area contributed by atoms with E-state index in [-0.39, 0.29) is 5.76 Å². The number of ether oxygens (including phenoxy) is 1. The summed E-state index contributed by atoms with van der Waals surface area (Å²) < 4.78 is 9.71. The largest absolute Gasteiger partial charge is 0.467 e. The summed E-state index contributed by atoms with van der Waals surface area (Å²) in [5, 5.41) is 10.9. The molecule has 0 saturated heterocycles. The van der Waals surface area contributed by atoms with Crippen LogP contribution in [-0.2, 0) is 9.53 Å². The number of rotatable bonds is 2. The van der Waals surface area contributed by atoms with Crippen molar-refractivity contribution in [3.05, 3.63) is 35.0 Å². The fourth-order valence-electron chi connectivity index (χ4n) is 1.39. The van der Waals surface area contributed by atoms with E-state index in [1.807, 2.05) is 0 Å². The lowest BCUT2D eigenvalue weighted by atomic mass is 10.2. The van der Waals surface area contributed by atoms with Gasteiger partial charge in [0.2, 0.25) is 6.10 Å². The van der Waals surface area contributed by atoms with Crippen molar-refractivity contribution in [2.75, 3.05) is 7.11 Å². The average molecular weight is 241 g/mol. The molecule has 0 spiro atoms. The Morgan fingerprint density at radius 3 is 2.94 bits per heavy atom. The van der Waals surface area contributed by atoms with Crippen LogP contribution in [0.3, 0.4) is 0 Å². The SMILES string of the molecule is COC(=O)C(O)c1cc2ccc(Cl)cc2o1. The first-order valence-corrected chi connectivity index (χ1v) is 4.94. The molecule has 5 heteroatoms. The highest BCUT2D eigenvalue weighted by Gasteiger charge is 2.22. The molecule has 1 N–H and O–H groups in total. The molecule has 1 aromatic carbocycles. The quantitative estimate of drug-likeness (QED) is 0.819. The number of esters is 1. The minimum atomic E-state index is -1.41. The number of benzene rings is 1. The number of methoxy groups -OCH3 is 1. The predicted octanol–water partition coefficient (Wildman–Crippen LogP) is 2.29. The molecule has 4 nitrogen and oxygen atoms in total. The van der Waals surface area contributed by atoms with Gasteiger partial charge in [-0.15, -0.1) is 0 Å². The van der Waals surface area contributed by atoms with E-state index < -0.39 is 12.1 Å². The normalized spacial score (nSPS) is 12.7. The number of hydrogen-bond acceptors (Lipinski definition) is 4. The molecule has 0 aliphatic heterocycles. The van der Waals surface area contributed by atoms with Crippen molar-refractivity contribution in [3.8, 4) is 0 Å². The molecule has 2 aromatic rings. The van der Waals surface area contributed by atoms with Crippen molar-refractivity contribution < 1.29 is 19.1 Å². The lowest BCUT2D eigenvalue weighted by Crippen LogP contribution is -2.12. The molecule has 1 heterocycles. The molecule has 1 unspecified atom stereocenters. The van der Waals surface area contributed by atoms with Crippen LogP contribution in [0.5, 0.6) is 0 Å². The molecule has 0 aliphatic carbocycles. The van der Waals surface area contributed by atoms with Gasteiger partial charge in [-0.05, 0) is 18.2 Å². The van der Waals surface area contributed by atoms with E-state index in [9.17, 15) is 9.90 Å². The van der Waals surface area contributed by atoms with Crippen molar-refractivity contribution in [1.82, 2.24) is 0 Å². The Labute approximate surface area is 96.4 Å². The van der Waals surface area contributed by atoms with Crippen molar-refractivity contribution in [1.29, 1.82) is 0 Å². The van der Waals surface area contributed by atoms with Crippen molar-refractivity contribution in [3.63, 3.8) is 0 Å². The zero-order valence-corrected chi connectivity index (χ0v) is 9.19. The van der Waals surface area contributed by atoms with Crippen LogP contribution in [0.2, 0.25) is 5.02 Å². The minimum absolute atomic E-state index is 0.143. The summed E-state index contributed by atoms with van der Waals surface area (Å²) in [7, 11) is 1.20. The first kappa shape index (κ1) is 11.0. The lowest BCUT2D eigenvalue weighted by Gasteiger charge is -2.03. The third-order valence-electron chi connectivity index (χ3n) is 2.20. The summed E-state index contributed by atoms with van der Waals surface area (Å²) in [5.74, 6) is -0.616. The highest BCUT2D eigenvalue weighted by atomic mass is 35.5. The van der Waals surface area contributed by atoms with Gasteiger partial charge in [-0.3, -0.25) is 0 Å². The summed E-state index contributed by atoms with van der Waals surface area (Å²) in [6, 6.07) is 6.64. The maximum Gasteiger partial charge on any atom is 0.342 e. The highest BCUT2D eigenvalue weighted by molar-refractivity contribution is 6.31. The van der Waals surface area contributed by atoms with Gasteiger partial charge in [0.1, 0.15) is 11.3 Å². The van der Waals surface area contributed by atoms with Crippen LogP contribution in [0, 0.1) is 0 Å². The Morgan fingerprint density at radius 2 is 2.25 bits per heavy atom. The van der Waals surface area contributed by atoms with Gasteiger partial charge in [-0.25, -0.2) is 4.79 Å². The molecule has 0 bridgehead atoms. The molecule has 1 atom stereocenters. The van der Waals surface area contributed by atoms with E-state index >= 15 is 0 Å². The van der Waals surface area contributed by atoms with Gasteiger partial charge in [-0.2, -0.15) is 0 Å². The maximum atomic E-state index is 11.1. The van der Waals surface area contributed by atoms with Gasteiger partial charge in [-0.1, -0.05) is 11.6 Å². The first-order valence-electron chi connectivity index (χ1n) is 4.56. The van der Waals surface area contributed by atoms with E-state index in [0.717, 1.165) is 5.39 Å². The van der Waals surface area contributed by atoms with E-state index in [1.165, 1.54) is 7.11 Å². The zero-order valence-electron chi connectivity index (χ0n) is 8.44. The molecule has 0 fully saturated rings. The number of aliphatic hydroxyl groups is 1. The monoisotopic (exact) mass is 240 g/mol. The second-order valence-corrected chi connectivity index (χ2v) is 3.69. The number of furan rings is 1. The number of halogens is 1. The molecule has 84 valence electrons. The van der Waals surface area contributed by atoms with Crippen LogP contribution in [0.1, 0.15) is 11.9 Å². The topological polar surface area (TPSA) is 59.7 Å². The van der Waals surface area contributed by atoms with E-state index in [0.29, 0.717) is 10.6 Å². The Morgan fingerprint density at radius 1 is 1.50 bits per heavy atom. The summed E-state index contributed by atoms with van der Waals surface area (Å²) in [6.07, 6.45) is -1.41. The Balaban J connectivity index is 2.43. The second-order valence-electron chi connectivity index (χ2n) is 3.26. The number of carbonyl (C=O) groups excluding carboxylic acids is 1. The third kappa shape index (κ3) is 1.89. The van der Waals surface area contributed by atoms with Crippen LogP contribution in [-0.4, -0.2) is 18.2 Å². The van der Waals surface area contributed by atoms with E-state index in [1.54, 1.807) is 24.3 Å². The van der Waals surface area contributed by atoms with Gasteiger partial charge in [0.25, 0.3) is 0 Å². The van der Waals surface area contributed by atoms with Gasteiger partial charge in [0, 0.05) is 16.5 Å². The molecule has 0 aliphatic rings. The molecular formula is C11H9ClO4. The molecular weight excluding hydrogens is 232 g/mol. The lowest BCUT2D eigenvalue weighted by molar-refractivity contribution is -0.151. The van der Waals surface area contributed by atoms with Gasteiger partial charge >= 0.3 is 5.97 Å². The highest BCUT2D eigenvalue weighted by Crippen LogP contribution is 2.26. The Kier molecular flexibility index (Phi) is 2.85. The fraction of sp³-hybridized carbons (Fsp3) is 0.182. The van der Waals surface area contributed by atoms with Crippen molar-refractivity contribution in [2.45, 2.75) is 6.10 Å². The number of aliphatic hydroxyl groups excluding tert-OH is 1. The second kappa shape index (κ2) is 4.15. The van der Waals surface area contributed by atoms with E-state index in [4.69, 9.17) is 16.0 Å². The molecule has 2 rings (SSSR count). The van der Waals surface area contributed by atoms with Gasteiger partial charge in [0.05, 0.1) is 7.11 Å². The molecule has 0 radical (unpaired) electrons. The number of carbonyl (C=O) groups is 1. The maximum absolute atomic E-state index is 11.1. The van der Waals surface area contributed by atoms with Crippen LogP contribution in [0.4, 0.5) is 0 Å². The summed E-state index contributed by atoms with van der Waals surface area (Å²) in [5.41, 5.74) is 0.519. The van der Waals surface area contributed by atoms with Crippen LogP contribution >= 0.6 is 11.6 Å². The summed E-state index contributed by atoms with van der Waals surface area (Å²) in [6.45, 7) is 0. The van der Waals surface area contributed by atoms with Crippen LogP contribution < -0.4 is 0 Å². The van der Waals surface area contributed by atoms with E-state index in [2.05, 4.69) is 4.74 Å². The Bertz CT molecular complexity index is 532. The molecule has 16 heavy (non-hydrogen) atoms. The minimum Gasteiger partial charge on any atom is -0.467 e. The molecule has 1 aromatic heterocycles. The third-order valence-corrected chi connectivity index (χ3v) is 2.43. The fourth-order valence-corrected chi connectivity index (χ4v) is 1.55. The first-order chi connectivity index (χ1) is 7.61. The molecule has 0 amide bonds. The summed E-state index contributed by atoms with van der Waals surface area (Å²) >= 11 is 5.78. The summed E-state index contributed by atoms with van der Waals surface area (Å²) in [4.78, 5) is 11.1. The standard InChI is InChI=1S/C11H9ClO4/c1-15-11(14)10(13)9-4-6-2-3-7(12)5-8(6)16-9/h2-5,10,13H,1H3. The molecule has 0 saturated carbocycles. The van der Waals surface area contributed by atoms with Crippen molar-refractivity contribution in [2.24, 2.45) is 0 Å². The average Bonchev–Trinajstić information content (AvgIpc) is 2.69. The number of hydrogen-bond donors (Lipinski definition) is 1. The van der Waals surface area contributed by atoms with Gasteiger partial charge in [0.15, 0.2) is 0 Å². The smallest absolute Gasteiger partial charge is 0.342 e. The van der Waals surface area contributed by atoms with Crippen LogP contribution in [0.15, 0.2) is 28.7 Å². The Hall–Kier alpha value is -1.52. The van der Waals surface area contributed by atoms with Crippen molar-refractivity contribution >= 4 is 28.5 Å². The van der Waals surface area contributed by atoms with Gasteiger partial charge < -0.3 is 14.3 Å². The zero-order chi connectivity index (χ0) is 11.7. The predicted molar refractivity (Wildman–Crippen MR) is 58.2 cm³/mol. The number of fused-ring (bicyclic) bond motifs is 1. The van der Waals surface area contributed by atoms with Crippen LogP contribution in [0.25, 0.3) is 11.0 Å².